The summed E-state index contributed by atoms with van der Waals surface area (Å²) in [6.45, 7) is 5.72. The van der Waals surface area contributed by atoms with E-state index in [1.807, 2.05) is 62.5 Å². The fourth-order valence-corrected chi connectivity index (χ4v) is 3.45. The number of benzene rings is 1. The monoisotopic (exact) mass is 322 g/mol. The molecule has 1 aromatic carbocycles. The highest BCUT2D eigenvalue weighted by atomic mass is 32.1. The Balaban J connectivity index is 2.06. The Labute approximate surface area is 140 Å². The van der Waals surface area contributed by atoms with Crippen LogP contribution in [0.3, 0.4) is 0 Å². The maximum Gasteiger partial charge on any atom is 0.164 e. The summed E-state index contributed by atoms with van der Waals surface area (Å²) in [4.78, 5) is 21.4. The number of pyridine rings is 1. The van der Waals surface area contributed by atoms with Gasteiger partial charge in [0, 0.05) is 39.9 Å². The van der Waals surface area contributed by atoms with Crippen LogP contribution in [0.25, 0.3) is 21.8 Å². The van der Waals surface area contributed by atoms with Crippen LogP contribution in [0.1, 0.15) is 35.1 Å². The summed E-state index contributed by atoms with van der Waals surface area (Å²) in [6.07, 6.45) is 0.484. The SMILES string of the molecule is CCC(=O)c1cc(-c2nc(-c3ccccc3)cs2)c(C)nc1C. The van der Waals surface area contributed by atoms with E-state index in [1.165, 1.54) is 0 Å². The van der Waals surface area contributed by atoms with E-state index in [2.05, 4.69) is 4.98 Å². The highest BCUT2D eigenvalue weighted by molar-refractivity contribution is 7.13. The summed E-state index contributed by atoms with van der Waals surface area (Å²) in [7, 11) is 0. The first kappa shape index (κ1) is 15.6. The summed E-state index contributed by atoms with van der Waals surface area (Å²) in [5, 5.41) is 2.95. The summed E-state index contributed by atoms with van der Waals surface area (Å²) < 4.78 is 0. The van der Waals surface area contributed by atoms with E-state index < -0.39 is 0 Å². The lowest BCUT2D eigenvalue weighted by Crippen LogP contribution is -2.04. The van der Waals surface area contributed by atoms with Gasteiger partial charge in [-0.2, -0.15) is 0 Å². The molecule has 3 aromatic rings. The van der Waals surface area contributed by atoms with Gasteiger partial charge in [-0.3, -0.25) is 9.78 Å². The predicted octanol–water partition coefficient (Wildman–Crippen LogP) is 5.08. The second kappa shape index (κ2) is 6.42. The van der Waals surface area contributed by atoms with Crippen molar-refractivity contribution in [3.05, 3.63) is 58.7 Å². The zero-order chi connectivity index (χ0) is 16.4. The Hall–Kier alpha value is -2.33. The molecule has 0 bridgehead atoms. The lowest BCUT2D eigenvalue weighted by Gasteiger charge is -2.08. The van der Waals surface area contributed by atoms with Gasteiger partial charge in [-0.1, -0.05) is 37.3 Å². The van der Waals surface area contributed by atoms with Gasteiger partial charge in [0.2, 0.25) is 0 Å². The number of carbonyl (C=O) groups is 1. The zero-order valence-electron chi connectivity index (χ0n) is 13.5. The number of carbonyl (C=O) groups excluding carboxylic acids is 1. The van der Waals surface area contributed by atoms with Gasteiger partial charge >= 0.3 is 0 Å². The molecule has 0 unspecified atom stereocenters. The molecule has 2 aromatic heterocycles. The molecule has 0 saturated heterocycles. The Morgan fingerprint density at radius 2 is 1.83 bits per heavy atom. The molecule has 4 heteroatoms. The molecule has 116 valence electrons. The van der Waals surface area contributed by atoms with Gasteiger partial charge in [0.05, 0.1) is 5.69 Å². The number of rotatable bonds is 4. The smallest absolute Gasteiger partial charge is 0.164 e. The van der Waals surface area contributed by atoms with Crippen molar-refractivity contribution in [2.75, 3.05) is 0 Å². The van der Waals surface area contributed by atoms with Crippen LogP contribution in [0.4, 0.5) is 0 Å². The molecule has 2 heterocycles. The number of Topliss-reactive ketones (excluding diaryl/α,β-unsaturated/α-hetero) is 1. The minimum absolute atomic E-state index is 0.121. The van der Waals surface area contributed by atoms with Gasteiger partial charge in [-0.05, 0) is 19.9 Å². The highest BCUT2D eigenvalue weighted by Gasteiger charge is 2.15. The molecule has 23 heavy (non-hydrogen) atoms. The standard InChI is InChI=1S/C19H18N2OS/c1-4-18(22)15-10-16(13(3)20-12(15)2)19-21-17(11-23-19)14-8-6-5-7-9-14/h5-11H,4H2,1-3H3. The van der Waals surface area contributed by atoms with E-state index in [-0.39, 0.29) is 5.78 Å². The normalized spacial score (nSPS) is 10.7. The van der Waals surface area contributed by atoms with Crippen LogP contribution < -0.4 is 0 Å². The van der Waals surface area contributed by atoms with Crippen LogP contribution in [0.2, 0.25) is 0 Å². The van der Waals surface area contributed by atoms with Crippen molar-refractivity contribution in [3.8, 4) is 21.8 Å². The summed E-state index contributed by atoms with van der Waals surface area (Å²) in [6, 6.07) is 12.0. The van der Waals surface area contributed by atoms with E-state index >= 15 is 0 Å². The van der Waals surface area contributed by atoms with Crippen LogP contribution in [-0.4, -0.2) is 15.8 Å². The third-order valence-corrected chi connectivity index (χ3v) is 4.70. The Kier molecular flexibility index (Phi) is 4.35. The molecule has 0 aliphatic rings. The molecule has 0 N–H and O–H groups in total. The summed E-state index contributed by atoms with van der Waals surface area (Å²) >= 11 is 1.58. The third kappa shape index (κ3) is 3.08. The van der Waals surface area contributed by atoms with E-state index in [1.54, 1.807) is 11.3 Å². The largest absolute Gasteiger partial charge is 0.294 e. The first-order valence-corrected chi connectivity index (χ1v) is 8.51. The molecule has 0 amide bonds. The molecular formula is C19H18N2OS. The van der Waals surface area contributed by atoms with E-state index in [0.29, 0.717) is 12.0 Å². The number of aromatic nitrogens is 2. The molecule has 3 nitrogen and oxygen atoms in total. The lowest BCUT2D eigenvalue weighted by atomic mass is 10.0. The number of aryl methyl sites for hydroxylation is 2. The number of hydrogen-bond donors (Lipinski definition) is 0. The van der Waals surface area contributed by atoms with Gasteiger partial charge < -0.3 is 0 Å². The van der Waals surface area contributed by atoms with Gasteiger partial charge in [-0.25, -0.2) is 4.98 Å². The number of thiazole rings is 1. The maximum atomic E-state index is 12.1. The molecule has 0 radical (unpaired) electrons. The van der Waals surface area contributed by atoms with Crippen molar-refractivity contribution < 1.29 is 4.79 Å². The van der Waals surface area contributed by atoms with Crippen LogP contribution in [0.5, 0.6) is 0 Å². The van der Waals surface area contributed by atoms with Crippen LogP contribution in [0, 0.1) is 13.8 Å². The van der Waals surface area contributed by atoms with Crippen LogP contribution in [-0.2, 0) is 0 Å². The molecule has 3 rings (SSSR count). The lowest BCUT2D eigenvalue weighted by molar-refractivity contribution is 0.0987. The summed E-state index contributed by atoms with van der Waals surface area (Å²) in [5.74, 6) is 0.121. The van der Waals surface area contributed by atoms with Gasteiger partial charge in [0.15, 0.2) is 5.78 Å². The number of ketones is 1. The van der Waals surface area contributed by atoms with Crippen molar-refractivity contribution in [2.24, 2.45) is 0 Å². The second-order valence-corrected chi connectivity index (χ2v) is 6.29. The Morgan fingerprint density at radius 1 is 1.09 bits per heavy atom. The summed E-state index contributed by atoms with van der Waals surface area (Å²) in [5.41, 5.74) is 5.39. The number of nitrogens with zero attached hydrogens (tertiary/aromatic N) is 2. The molecular weight excluding hydrogens is 304 g/mol. The fraction of sp³-hybridized carbons (Fsp3) is 0.211. The molecule has 0 atom stereocenters. The molecule has 0 aliphatic carbocycles. The topological polar surface area (TPSA) is 42.9 Å². The number of hydrogen-bond acceptors (Lipinski definition) is 4. The average Bonchev–Trinajstić information content (AvgIpc) is 3.05. The average molecular weight is 322 g/mol. The molecule has 0 aliphatic heterocycles. The van der Waals surface area contributed by atoms with E-state index in [9.17, 15) is 4.79 Å². The van der Waals surface area contributed by atoms with Crippen molar-refractivity contribution in [3.63, 3.8) is 0 Å². The first-order chi connectivity index (χ1) is 11.1. The third-order valence-electron chi connectivity index (χ3n) is 3.83. The maximum absolute atomic E-state index is 12.1. The minimum atomic E-state index is 0.121. The fourth-order valence-electron chi connectivity index (χ4n) is 2.55. The van der Waals surface area contributed by atoms with Gasteiger partial charge in [0.1, 0.15) is 5.01 Å². The predicted molar refractivity (Wildman–Crippen MR) is 94.9 cm³/mol. The highest BCUT2D eigenvalue weighted by Crippen LogP contribution is 2.31. The van der Waals surface area contributed by atoms with Crippen molar-refractivity contribution in [1.29, 1.82) is 0 Å². The van der Waals surface area contributed by atoms with Crippen molar-refractivity contribution in [1.82, 2.24) is 9.97 Å². The van der Waals surface area contributed by atoms with Gasteiger partial charge in [0.25, 0.3) is 0 Å². The van der Waals surface area contributed by atoms with Crippen molar-refractivity contribution >= 4 is 17.1 Å². The molecule has 0 saturated carbocycles. The first-order valence-electron chi connectivity index (χ1n) is 7.63. The zero-order valence-corrected chi connectivity index (χ0v) is 14.3. The molecule has 0 fully saturated rings. The quantitative estimate of drug-likeness (QED) is 0.629. The van der Waals surface area contributed by atoms with Crippen LogP contribution in [0.15, 0.2) is 41.8 Å². The Bertz CT molecular complexity index is 853. The Morgan fingerprint density at radius 3 is 2.52 bits per heavy atom. The minimum Gasteiger partial charge on any atom is -0.294 e. The van der Waals surface area contributed by atoms with Crippen LogP contribution >= 0.6 is 11.3 Å². The second-order valence-electron chi connectivity index (χ2n) is 5.43. The van der Waals surface area contributed by atoms with Gasteiger partial charge in [-0.15, -0.1) is 11.3 Å². The molecule has 0 spiro atoms. The van der Waals surface area contributed by atoms with Crippen molar-refractivity contribution in [2.45, 2.75) is 27.2 Å². The van der Waals surface area contributed by atoms with E-state index in [0.717, 1.165) is 33.2 Å². The van der Waals surface area contributed by atoms with E-state index in [4.69, 9.17) is 4.98 Å².